The highest BCUT2D eigenvalue weighted by atomic mass is 79.9. The first-order chi connectivity index (χ1) is 14.3. The number of rotatable bonds is 7. The van der Waals surface area contributed by atoms with Crippen LogP contribution in [0.5, 0.6) is 0 Å². The number of halogens is 2. The van der Waals surface area contributed by atoms with Crippen molar-refractivity contribution in [2.45, 2.75) is 4.34 Å². The molecule has 0 aliphatic heterocycles. The van der Waals surface area contributed by atoms with Crippen LogP contribution in [0.15, 0.2) is 51.3 Å². The number of nitro benzene ring substituents is 1. The van der Waals surface area contributed by atoms with Gasteiger partial charge in [-0.1, -0.05) is 50.6 Å². The summed E-state index contributed by atoms with van der Waals surface area (Å²) < 4.78 is 1.36. The molecular weight excluding hydrogens is 518 g/mol. The zero-order valence-corrected chi connectivity index (χ0v) is 18.8. The van der Waals surface area contributed by atoms with Crippen LogP contribution >= 0.6 is 50.6 Å². The molecule has 0 saturated heterocycles. The van der Waals surface area contributed by atoms with Gasteiger partial charge in [-0.2, -0.15) is 0 Å². The number of aromatic nitrogens is 2. The zero-order valence-electron chi connectivity index (χ0n) is 14.8. The second kappa shape index (κ2) is 9.98. The van der Waals surface area contributed by atoms with Crippen LogP contribution in [-0.2, 0) is 4.79 Å². The second-order valence-electron chi connectivity index (χ2n) is 5.59. The number of carbonyl (C=O) groups excluding carboxylic acids is 2. The van der Waals surface area contributed by atoms with Gasteiger partial charge in [0.15, 0.2) is 4.34 Å². The summed E-state index contributed by atoms with van der Waals surface area (Å²) in [7, 11) is 0. The van der Waals surface area contributed by atoms with Crippen LogP contribution in [0.4, 0.5) is 16.5 Å². The van der Waals surface area contributed by atoms with E-state index in [1.54, 1.807) is 12.1 Å². The quantitative estimate of drug-likeness (QED) is 0.194. The fourth-order valence-electron chi connectivity index (χ4n) is 2.19. The van der Waals surface area contributed by atoms with E-state index in [1.807, 2.05) is 12.1 Å². The predicted molar refractivity (Wildman–Crippen MR) is 119 cm³/mol. The van der Waals surface area contributed by atoms with Crippen LogP contribution in [0.25, 0.3) is 0 Å². The van der Waals surface area contributed by atoms with Gasteiger partial charge in [0.2, 0.25) is 11.0 Å². The van der Waals surface area contributed by atoms with Crippen LogP contribution < -0.4 is 10.6 Å². The van der Waals surface area contributed by atoms with Gasteiger partial charge < -0.3 is 5.32 Å². The molecule has 2 amide bonds. The minimum atomic E-state index is -0.732. The number of nitro groups is 1. The molecule has 2 aromatic carbocycles. The fourth-order valence-corrected chi connectivity index (χ4v) is 4.17. The lowest BCUT2D eigenvalue weighted by molar-refractivity contribution is -0.385. The molecule has 0 unspecified atom stereocenters. The van der Waals surface area contributed by atoms with Crippen molar-refractivity contribution in [3.05, 3.63) is 67.6 Å². The molecule has 0 spiro atoms. The number of amides is 2. The number of hydrogen-bond acceptors (Lipinski definition) is 8. The summed E-state index contributed by atoms with van der Waals surface area (Å²) in [6.45, 7) is 0. The van der Waals surface area contributed by atoms with E-state index in [4.69, 9.17) is 11.6 Å². The lowest BCUT2D eigenvalue weighted by Gasteiger charge is -2.04. The van der Waals surface area contributed by atoms with Gasteiger partial charge in [0.25, 0.3) is 11.6 Å². The normalized spacial score (nSPS) is 10.5. The summed E-state index contributed by atoms with van der Waals surface area (Å²) in [4.78, 5) is 34.9. The molecule has 0 radical (unpaired) electrons. The smallest absolute Gasteiger partial charge is 0.282 e. The van der Waals surface area contributed by atoms with E-state index in [9.17, 15) is 19.7 Å². The van der Waals surface area contributed by atoms with E-state index in [2.05, 4.69) is 36.8 Å². The first-order valence-electron chi connectivity index (χ1n) is 8.09. The van der Waals surface area contributed by atoms with Crippen LogP contribution in [0.2, 0.25) is 5.02 Å². The molecule has 0 atom stereocenters. The molecule has 1 heterocycles. The average Bonchev–Trinajstić information content (AvgIpc) is 3.15. The Balaban J connectivity index is 1.58. The molecule has 0 aliphatic rings. The van der Waals surface area contributed by atoms with Crippen molar-refractivity contribution in [3.63, 3.8) is 0 Å². The van der Waals surface area contributed by atoms with Gasteiger partial charge in [0.05, 0.1) is 10.7 Å². The van der Waals surface area contributed by atoms with Gasteiger partial charge in [-0.3, -0.25) is 25.0 Å². The average molecular weight is 529 g/mol. The van der Waals surface area contributed by atoms with Crippen LogP contribution in [0.3, 0.4) is 0 Å². The fraction of sp³-hybridized carbons (Fsp3) is 0.0588. The Morgan fingerprint density at radius 2 is 1.90 bits per heavy atom. The highest BCUT2D eigenvalue weighted by Gasteiger charge is 2.22. The molecular formula is C17H11BrClN5O4S2. The summed E-state index contributed by atoms with van der Waals surface area (Å²) in [5.74, 6) is -0.860. The van der Waals surface area contributed by atoms with E-state index in [-0.39, 0.29) is 33.1 Å². The number of anilines is 2. The first kappa shape index (κ1) is 22.2. The molecule has 30 heavy (non-hydrogen) atoms. The van der Waals surface area contributed by atoms with Crippen molar-refractivity contribution < 1.29 is 14.5 Å². The lowest BCUT2D eigenvalue weighted by Crippen LogP contribution is -2.13. The summed E-state index contributed by atoms with van der Waals surface area (Å²) in [6, 6.07) is 10.8. The Hall–Kier alpha value is -2.54. The minimum absolute atomic E-state index is 0.0956. The Morgan fingerprint density at radius 1 is 1.17 bits per heavy atom. The second-order valence-corrected chi connectivity index (χ2v) is 9.14. The van der Waals surface area contributed by atoms with E-state index in [1.165, 1.54) is 12.1 Å². The molecule has 9 nitrogen and oxygen atoms in total. The number of thioether (sulfide) groups is 1. The van der Waals surface area contributed by atoms with Crippen molar-refractivity contribution in [1.29, 1.82) is 0 Å². The molecule has 0 bridgehead atoms. The number of hydrogen-bond donors (Lipinski definition) is 2. The van der Waals surface area contributed by atoms with Crippen molar-refractivity contribution >= 4 is 79.0 Å². The largest absolute Gasteiger partial charge is 0.325 e. The SMILES string of the molecule is O=C(CSc1nnc(NC(=O)c2cc(Cl)ccc2[N+](=O)[O-])s1)Nc1ccc(Br)cc1. The first-order valence-corrected chi connectivity index (χ1v) is 11.1. The molecule has 0 saturated carbocycles. The number of benzene rings is 2. The summed E-state index contributed by atoms with van der Waals surface area (Å²) in [5.41, 5.74) is 0.100. The van der Waals surface area contributed by atoms with E-state index >= 15 is 0 Å². The summed E-state index contributed by atoms with van der Waals surface area (Å²) in [5, 5.41) is 24.4. The Labute approximate surface area is 191 Å². The van der Waals surface area contributed by atoms with Crippen LogP contribution in [-0.4, -0.2) is 32.7 Å². The van der Waals surface area contributed by atoms with Crippen molar-refractivity contribution in [2.24, 2.45) is 0 Å². The third-order valence-electron chi connectivity index (χ3n) is 3.48. The van der Waals surface area contributed by atoms with Gasteiger partial charge in [-0.05, 0) is 36.4 Å². The summed E-state index contributed by atoms with van der Waals surface area (Å²) >= 11 is 11.4. The third kappa shape index (κ3) is 5.98. The number of carbonyl (C=O) groups is 2. The summed E-state index contributed by atoms with van der Waals surface area (Å²) in [6.07, 6.45) is 0. The molecule has 0 aliphatic carbocycles. The molecule has 1 aromatic heterocycles. The Bertz CT molecular complexity index is 1110. The van der Waals surface area contributed by atoms with Crippen LogP contribution in [0, 0.1) is 10.1 Å². The van der Waals surface area contributed by atoms with Crippen molar-refractivity contribution in [3.8, 4) is 0 Å². The van der Waals surface area contributed by atoms with Crippen molar-refractivity contribution in [2.75, 3.05) is 16.4 Å². The van der Waals surface area contributed by atoms with Crippen LogP contribution in [0.1, 0.15) is 10.4 Å². The number of nitrogens with one attached hydrogen (secondary N) is 2. The van der Waals surface area contributed by atoms with Gasteiger partial charge >= 0.3 is 0 Å². The highest BCUT2D eigenvalue weighted by molar-refractivity contribution is 9.10. The third-order valence-corrected chi connectivity index (χ3v) is 6.22. The van der Waals surface area contributed by atoms with Crippen molar-refractivity contribution in [1.82, 2.24) is 10.2 Å². The molecule has 2 N–H and O–H groups in total. The maximum Gasteiger partial charge on any atom is 0.282 e. The number of nitrogens with zero attached hydrogens (tertiary/aromatic N) is 3. The minimum Gasteiger partial charge on any atom is -0.325 e. The zero-order chi connectivity index (χ0) is 21.7. The van der Waals surface area contributed by atoms with Gasteiger partial charge in [0, 0.05) is 21.2 Å². The standard InChI is InChI=1S/C17H11BrClN5O4S2/c18-9-1-4-11(5-2-9)20-14(25)8-29-17-23-22-16(30-17)21-15(26)12-7-10(19)3-6-13(12)24(27)28/h1-7H,8H2,(H,20,25)(H,21,22,26). The lowest BCUT2D eigenvalue weighted by atomic mass is 10.1. The molecule has 154 valence electrons. The van der Waals surface area contributed by atoms with E-state index < -0.39 is 10.8 Å². The van der Waals surface area contributed by atoms with Gasteiger partial charge in [-0.15, -0.1) is 10.2 Å². The maximum absolute atomic E-state index is 12.4. The van der Waals surface area contributed by atoms with Gasteiger partial charge in [0.1, 0.15) is 5.56 Å². The highest BCUT2D eigenvalue weighted by Crippen LogP contribution is 2.28. The molecule has 3 aromatic rings. The monoisotopic (exact) mass is 527 g/mol. The topological polar surface area (TPSA) is 127 Å². The molecule has 3 rings (SSSR count). The van der Waals surface area contributed by atoms with E-state index in [0.717, 1.165) is 33.6 Å². The van der Waals surface area contributed by atoms with E-state index in [0.29, 0.717) is 10.0 Å². The molecule has 0 fully saturated rings. The van der Waals surface area contributed by atoms with Gasteiger partial charge in [-0.25, -0.2) is 0 Å². The predicted octanol–water partition coefficient (Wildman–Crippen LogP) is 4.85. The Morgan fingerprint density at radius 3 is 2.60 bits per heavy atom. The maximum atomic E-state index is 12.4. The Kier molecular flexibility index (Phi) is 7.37. The molecule has 13 heteroatoms.